The zero-order valence-corrected chi connectivity index (χ0v) is 13.4. The van der Waals surface area contributed by atoms with Crippen LogP contribution in [0.15, 0.2) is 58.3 Å². The fourth-order valence-corrected chi connectivity index (χ4v) is 2.60. The van der Waals surface area contributed by atoms with Gasteiger partial charge in [0.1, 0.15) is 4.92 Å². The molecule has 126 valence electrons. The van der Waals surface area contributed by atoms with Gasteiger partial charge in [0.25, 0.3) is 11.8 Å². The fraction of sp³-hybridized carbons (Fsp3) is 0. The van der Waals surface area contributed by atoms with E-state index in [1.54, 1.807) is 36.4 Å². The Bertz CT molecular complexity index is 916. The summed E-state index contributed by atoms with van der Waals surface area (Å²) in [5, 5.41) is 17.7. The molecule has 0 atom stereocenters. The summed E-state index contributed by atoms with van der Waals surface area (Å²) >= 11 is 1.34. The van der Waals surface area contributed by atoms with Crippen molar-refractivity contribution in [1.29, 1.82) is 0 Å². The smallest absolute Gasteiger partial charge is 0.395 e. The van der Waals surface area contributed by atoms with E-state index in [-0.39, 0.29) is 11.7 Å². The van der Waals surface area contributed by atoms with E-state index in [0.717, 1.165) is 6.07 Å². The zero-order chi connectivity index (χ0) is 17.8. The molecule has 0 bridgehead atoms. The number of furan rings is 1. The predicted molar refractivity (Wildman–Crippen MR) is 92.0 cm³/mol. The normalized spacial score (nSPS) is 10.2. The van der Waals surface area contributed by atoms with E-state index in [2.05, 4.69) is 10.6 Å². The van der Waals surface area contributed by atoms with E-state index in [0.29, 0.717) is 16.3 Å². The first-order valence-electron chi connectivity index (χ1n) is 7.03. The van der Waals surface area contributed by atoms with E-state index >= 15 is 0 Å². The summed E-state index contributed by atoms with van der Waals surface area (Å²) in [5.41, 5.74) is 1.03. The number of benzene rings is 1. The number of nitrogens with one attached hydrogen (secondary N) is 2. The second-order valence-electron chi connectivity index (χ2n) is 4.86. The Hall–Kier alpha value is -3.46. The van der Waals surface area contributed by atoms with Crippen molar-refractivity contribution in [3.63, 3.8) is 0 Å². The third-order valence-electron chi connectivity index (χ3n) is 3.14. The molecule has 0 aliphatic heterocycles. The van der Waals surface area contributed by atoms with Crippen molar-refractivity contribution >= 4 is 40.4 Å². The van der Waals surface area contributed by atoms with Gasteiger partial charge in [-0.25, -0.2) is 0 Å². The summed E-state index contributed by atoms with van der Waals surface area (Å²) in [4.78, 5) is 34.3. The number of anilines is 2. The molecule has 2 N–H and O–H groups in total. The van der Waals surface area contributed by atoms with Crippen molar-refractivity contribution in [2.75, 3.05) is 10.6 Å². The molecular formula is C16H11N3O5S. The number of nitrogens with zero attached hydrogens (tertiary/aromatic N) is 1. The van der Waals surface area contributed by atoms with E-state index in [4.69, 9.17) is 4.42 Å². The van der Waals surface area contributed by atoms with Gasteiger partial charge >= 0.3 is 5.88 Å². The Morgan fingerprint density at radius 3 is 2.12 bits per heavy atom. The summed E-state index contributed by atoms with van der Waals surface area (Å²) in [5.74, 6) is -1.49. The van der Waals surface area contributed by atoms with E-state index in [1.807, 2.05) is 5.38 Å². The summed E-state index contributed by atoms with van der Waals surface area (Å²) < 4.78 is 4.83. The van der Waals surface area contributed by atoms with Gasteiger partial charge in [-0.05, 0) is 41.8 Å². The molecule has 0 saturated carbocycles. The Labute approximate surface area is 145 Å². The number of rotatable bonds is 5. The molecule has 8 nitrogen and oxygen atoms in total. The summed E-state index contributed by atoms with van der Waals surface area (Å²) in [6.07, 6.45) is 0. The second kappa shape index (κ2) is 6.97. The molecule has 2 aromatic heterocycles. The average Bonchev–Trinajstić information content (AvgIpc) is 3.28. The van der Waals surface area contributed by atoms with Gasteiger partial charge in [0.15, 0.2) is 5.76 Å². The molecule has 0 spiro atoms. The van der Waals surface area contributed by atoms with Gasteiger partial charge in [0, 0.05) is 11.4 Å². The van der Waals surface area contributed by atoms with Gasteiger partial charge in [0.2, 0.25) is 0 Å². The first kappa shape index (κ1) is 16.4. The van der Waals surface area contributed by atoms with Crippen LogP contribution < -0.4 is 10.6 Å². The SMILES string of the molecule is O=C(Nc1ccc(NC(=O)c2cccs2)cc1)c1ccc([N+](=O)[O-])o1. The Morgan fingerprint density at radius 1 is 0.960 bits per heavy atom. The minimum absolute atomic E-state index is 0.165. The summed E-state index contributed by atoms with van der Waals surface area (Å²) in [6, 6.07) is 12.3. The number of amides is 2. The second-order valence-corrected chi connectivity index (χ2v) is 5.81. The van der Waals surface area contributed by atoms with Gasteiger partial charge in [0.05, 0.1) is 10.9 Å². The predicted octanol–water partition coefficient (Wildman–Crippen LogP) is 3.75. The van der Waals surface area contributed by atoms with Gasteiger partial charge in [-0.2, -0.15) is 0 Å². The van der Waals surface area contributed by atoms with Crippen LogP contribution in [0.1, 0.15) is 20.2 Å². The molecule has 0 saturated heterocycles. The van der Waals surface area contributed by atoms with Gasteiger partial charge in [-0.15, -0.1) is 11.3 Å². The van der Waals surface area contributed by atoms with Crippen LogP contribution in [0.5, 0.6) is 0 Å². The van der Waals surface area contributed by atoms with Gasteiger partial charge < -0.3 is 15.1 Å². The molecule has 2 heterocycles. The highest BCUT2D eigenvalue weighted by Gasteiger charge is 2.17. The molecule has 0 fully saturated rings. The monoisotopic (exact) mass is 357 g/mol. The maximum Gasteiger partial charge on any atom is 0.433 e. The van der Waals surface area contributed by atoms with E-state index in [1.165, 1.54) is 17.4 Å². The van der Waals surface area contributed by atoms with Crippen LogP contribution in [0, 0.1) is 10.1 Å². The highest BCUT2D eigenvalue weighted by Crippen LogP contribution is 2.19. The van der Waals surface area contributed by atoms with Crippen LogP contribution in [0.25, 0.3) is 0 Å². The highest BCUT2D eigenvalue weighted by molar-refractivity contribution is 7.12. The van der Waals surface area contributed by atoms with E-state index < -0.39 is 16.7 Å². The van der Waals surface area contributed by atoms with Crippen LogP contribution in [0.2, 0.25) is 0 Å². The number of nitro groups is 1. The number of carbonyl (C=O) groups is 2. The maximum atomic E-state index is 12.0. The fourth-order valence-electron chi connectivity index (χ4n) is 1.98. The largest absolute Gasteiger partial charge is 0.433 e. The van der Waals surface area contributed by atoms with Crippen LogP contribution in [-0.4, -0.2) is 16.7 Å². The maximum absolute atomic E-state index is 12.0. The average molecular weight is 357 g/mol. The summed E-state index contributed by atoms with van der Waals surface area (Å²) in [6.45, 7) is 0. The van der Waals surface area contributed by atoms with E-state index in [9.17, 15) is 19.7 Å². The molecule has 25 heavy (non-hydrogen) atoms. The molecule has 9 heteroatoms. The first-order chi connectivity index (χ1) is 12.0. The van der Waals surface area contributed by atoms with Gasteiger partial charge in [-0.3, -0.25) is 19.7 Å². The molecule has 0 unspecified atom stereocenters. The third-order valence-corrected chi connectivity index (χ3v) is 4.01. The lowest BCUT2D eigenvalue weighted by molar-refractivity contribution is -0.402. The molecular weight excluding hydrogens is 346 g/mol. The molecule has 0 aliphatic carbocycles. The number of hydrogen-bond donors (Lipinski definition) is 2. The van der Waals surface area contributed by atoms with Crippen molar-refractivity contribution < 1.29 is 18.9 Å². The van der Waals surface area contributed by atoms with Gasteiger partial charge in [-0.1, -0.05) is 6.07 Å². The standard InChI is InChI=1S/C16H11N3O5S/c20-15(12-7-8-14(24-12)19(22)23)17-10-3-5-11(6-4-10)18-16(21)13-2-1-9-25-13/h1-9H,(H,17,20)(H,18,21). The number of hydrogen-bond acceptors (Lipinski definition) is 6. The quantitative estimate of drug-likeness (QED) is 0.533. The van der Waals surface area contributed by atoms with Crippen molar-refractivity contribution in [3.8, 4) is 0 Å². The summed E-state index contributed by atoms with van der Waals surface area (Å²) in [7, 11) is 0. The molecule has 0 aliphatic rings. The Morgan fingerprint density at radius 2 is 1.60 bits per heavy atom. The lowest BCUT2D eigenvalue weighted by Crippen LogP contribution is -2.12. The Balaban J connectivity index is 1.63. The van der Waals surface area contributed by atoms with Crippen LogP contribution in [0.4, 0.5) is 17.3 Å². The molecule has 3 rings (SSSR count). The lowest BCUT2D eigenvalue weighted by Gasteiger charge is -2.06. The van der Waals surface area contributed by atoms with Crippen LogP contribution >= 0.6 is 11.3 Å². The molecule has 0 radical (unpaired) electrons. The third kappa shape index (κ3) is 3.90. The van der Waals surface area contributed by atoms with Crippen molar-refractivity contribution in [3.05, 3.63) is 74.7 Å². The highest BCUT2D eigenvalue weighted by atomic mass is 32.1. The van der Waals surface area contributed by atoms with Crippen LogP contribution in [-0.2, 0) is 0 Å². The lowest BCUT2D eigenvalue weighted by atomic mass is 10.2. The van der Waals surface area contributed by atoms with Crippen LogP contribution in [0.3, 0.4) is 0 Å². The molecule has 1 aromatic carbocycles. The van der Waals surface area contributed by atoms with Crippen molar-refractivity contribution in [2.24, 2.45) is 0 Å². The van der Waals surface area contributed by atoms with Crippen molar-refractivity contribution in [1.82, 2.24) is 0 Å². The zero-order valence-electron chi connectivity index (χ0n) is 12.6. The molecule has 2 amide bonds. The molecule has 3 aromatic rings. The number of thiophene rings is 1. The minimum atomic E-state index is -0.720. The topological polar surface area (TPSA) is 114 Å². The Kier molecular flexibility index (Phi) is 4.57. The van der Waals surface area contributed by atoms with Crippen molar-refractivity contribution in [2.45, 2.75) is 0 Å². The number of carbonyl (C=O) groups excluding carboxylic acids is 2. The first-order valence-corrected chi connectivity index (χ1v) is 7.91. The minimum Gasteiger partial charge on any atom is -0.395 e.